The summed E-state index contributed by atoms with van der Waals surface area (Å²) < 4.78 is 24.1. The number of halogens is 1. The van der Waals surface area contributed by atoms with Crippen molar-refractivity contribution >= 4 is 11.9 Å². The first-order valence-corrected chi connectivity index (χ1v) is 7.23. The van der Waals surface area contributed by atoms with Gasteiger partial charge in [-0.05, 0) is 37.6 Å². The average Bonchev–Trinajstić information content (AvgIpc) is 2.88. The molecule has 0 bridgehead atoms. The summed E-state index contributed by atoms with van der Waals surface area (Å²) in [6, 6.07) is 5.77. The fourth-order valence-corrected chi connectivity index (χ4v) is 2.13. The standard InChI is InChI=1S/C17H18FNO5/c1-10-4-5-14(18)15(6-10)23-9-16(20)19(3)8-12-7-13(17(21)22)11(2)24-12/h4-7H,8-9H2,1-3H3,(H,21,22). The van der Waals surface area contributed by atoms with E-state index in [9.17, 15) is 14.0 Å². The first kappa shape index (κ1) is 17.5. The minimum Gasteiger partial charge on any atom is -0.481 e. The van der Waals surface area contributed by atoms with E-state index in [4.69, 9.17) is 14.3 Å². The van der Waals surface area contributed by atoms with Crippen LogP contribution in [0, 0.1) is 19.7 Å². The Hall–Kier alpha value is -2.83. The van der Waals surface area contributed by atoms with Gasteiger partial charge in [0.2, 0.25) is 0 Å². The lowest BCUT2D eigenvalue weighted by molar-refractivity contribution is -0.132. The van der Waals surface area contributed by atoms with E-state index in [0.717, 1.165) is 5.56 Å². The maximum Gasteiger partial charge on any atom is 0.339 e. The number of rotatable bonds is 6. The number of hydrogen-bond donors (Lipinski definition) is 1. The van der Waals surface area contributed by atoms with Crippen LogP contribution in [0.4, 0.5) is 4.39 Å². The van der Waals surface area contributed by atoms with Crippen molar-refractivity contribution in [3.63, 3.8) is 0 Å². The second-order valence-electron chi connectivity index (χ2n) is 5.46. The molecule has 1 heterocycles. The zero-order valence-corrected chi connectivity index (χ0v) is 13.6. The van der Waals surface area contributed by atoms with Crippen LogP contribution < -0.4 is 4.74 Å². The van der Waals surface area contributed by atoms with E-state index in [1.807, 2.05) is 0 Å². The highest BCUT2D eigenvalue weighted by Gasteiger charge is 2.17. The summed E-state index contributed by atoms with van der Waals surface area (Å²) in [5, 5.41) is 8.98. The zero-order valence-electron chi connectivity index (χ0n) is 13.6. The highest BCUT2D eigenvalue weighted by atomic mass is 19.1. The molecule has 0 saturated heterocycles. The first-order chi connectivity index (χ1) is 11.3. The predicted molar refractivity (Wildman–Crippen MR) is 83.5 cm³/mol. The highest BCUT2D eigenvalue weighted by molar-refractivity contribution is 5.88. The molecule has 0 spiro atoms. The number of amides is 1. The molecule has 0 aliphatic heterocycles. The third kappa shape index (κ3) is 4.13. The Bertz CT molecular complexity index is 768. The van der Waals surface area contributed by atoms with E-state index in [-0.39, 0.29) is 36.1 Å². The number of carboxylic acids is 1. The Kier molecular flexibility index (Phi) is 5.23. The lowest BCUT2D eigenvalue weighted by Crippen LogP contribution is -2.31. The molecule has 2 rings (SSSR count). The molecule has 1 N–H and O–H groups in total. The molecule has 0 unspecified atom stereocenters. The Labute approximate surface area is 138 Å². The molecular formula is C17H18FNO5. The van der Waals surface area contributed by atoms with E-state index in [1.165, 1.54) is 30.1 Å². The molecule has 7 heteroatoms. The Morgan fingerprint density at radius 1 is 1.29 bits per heavy atom. The smallest absolute Gasteiger partial charge is 0.339 e. The third-order valence-corrected chi connectivity index (χ3v) is 3.46. The molecular weight excluding hydrogens is 317 g/mol. The number of furan rings is 1. The normalized spacial score (nSPS) is 10.5. The number of benzene rings is 1. The molecule has 0 radical (unpaired) electrons. The average molecular weight is 335 g/mol. The van der Waals surface area contributed by atoms with Gasteiger partial charge >= 0.3 is 5.97 Å². The van der Waals surface area contributed by atoms with Crippen LogP contribution in [0.15, 0.2) is 28.7 Å². The van der Waals surface area contributed by atoms with E-state index in [2.05, 4.69) is 0 Å². The molecule has 0 fully saturated rings. The molecule has 24 heavy (non-hydrogen) atoms. The van der Waals surface area contributed by atoms with Crippen molar-refractivity contribution in [2.75, 3.05) is 13.7 Å². The summed E-state index contributed by atoms with van der Waals surface area (Å²) in [5.41, 5.74) is 0.878. The van der Waals surface area contributed by atoms with Crippen LogP contribution in [0.1, 0.15) is 27.4 Å². The third-order valence-electron chi connectivity index (χ3n) is 3.46. The molecule has 128 valence electrons. The number of likely N-dealkylation sites (N-methyl/N-ethyl adjacent to an activating group) is 1. The monoisotopic (exact) mass is 335 g/mol. The minimum atomic E-state index is -1.09. The van der Waals surface area contributed by atoms with Gasteiger partial charge in [-0.25, -0.2) is 9.18 Å². The number of ether oxygens (including phenoxy) is 1. The van der Waals surface area contributed by atoms with Crippen LogP contribution in [0.3, 0.4) is 0 Å². The molecule has 1 amide bonds. The Morgan fingerprint density at radius 2 is 2.00 bits per heavy atom. The van der Waals surface area contributed by atoms with Gasteiger partial charge in [-0.15, -0.1) is 0 Å². The second kappa shape index (κ2) is 7.16. The van der Waals surface area contributed by atoms with Gasteiger partial charge in [-0.1, -0.05) is 6.07 Å². The van der Waals surface area contributed by atoms with Gasteiger partial charge in [-0.3, -0.25) is 4.79 Å². The van der Waals surface area contributed by atoms with Gasteiger partial charge in [-0.2, -0.15) is 0 Å². The fourth-order valence-electron chi connectivity index (χ4n) is 2.13. The van der Waals surface area contributed by atoms with Crippen molar-refractivity contribution in [1.29, 1.82) is 0 Å². The summed E-state index contributed by atoms with van der Waals surface area (Å²) >= 11 is 0. The fraction of sp³-hybridized carbons (Fsp3) is 0.294. The lowest BCUT2D eigenvalue weighted by Gasteiger charge is -2.16. The summed E-state index contributed by atoms with van der Waals surface area (Å²) in [6.45, 7) is 3.09. The van der Waals surface area contributed by atoms with Crippen molar-refractivity contribution in [1.82, 2.24) is 4.90 Å². The summed E-state index contributed by atoms with van der Waals surface area (Å²) in [5.74, 6) is -1.38. The van der Waals surface area contributed by atoms with Crippen molar-refractivity contribution in [3.05, 3.63) is 52.7 Å². The van der Waals surface area contributed by atoms with Gasteiger partial charge < -0.3 is 19.2 Å². The van der Waals surface area contributed by atoms with Crippen LogP contribution in [0.2, 0.25) is 0 Å². The number of carbonyl (C=O) groups is 2. The van der Waals surface area contributed by atoms with E-state index in [0.29, 0.717) is 5.76 Å². The van der Waals surface area contributed by atoms with Crippen LogP contribution >= 0.6 is 0 Å². The molecule has 6 nitrogen and oxygen atoms in total. The quantitative estimate of drug-likeness (QED) is 0.878. The molecule has 0 aliphatic carbocycles. The van der Waals surface area contributed by atoms with Gasteiger partial charge in [0.05, 0.1) is 6.54 Å². The number of hydrogen-bond acceptors (Lipinski definition) is 4. The minimum absolute atomic E-state index is 0.0127. The van der Waals surface area contributed by atoms with Gasteiger partial charge in [0.25, 0.3) is 5.91 Å². The molecule has 0 atom stereocenters. The Balaban J connectivity index is 1.96. The maximum absolute atomic E-state index is 13.6. The van der Waals surface area contributed by atoms with Crippen molar-refractivity contribution in [3.8, 4) is 5.75 Å². The molecule has 2 aromatic rings. The molecule has 1 aromatic carbocycles. The van der Waals surface area contributed by atoms with Gasteiger partial charge in [0.15, 0.2) is 18.2 Å². The van der Waals surface area contributed by atoms with Crippen molar-refractivity contribution in [2.24, 2.45) is 0 Å². The molecule has 0 saturated carbocycles. The number of nitrogens with zero attached hydrogens (tertiary/aromatic N) is 1. The van der Waals surface area contributed by atoms with Crippen LogP contribution in [-0.2, 0) is 11.3 Å². The maximum atomic E-state index is 13.6. The summed E-state index contributed by atoms with van der Waals surface area (Å²) in [4.78, 5) is 24.4. The van der Waals surface area contributed by atoms with Crippen molar-refractivity contribution in [2.45, 2.75) is 20.4 Å². The van der Waals surface area contributed by atoms with Crippen LogP contribution in [0.25, 0.3) is 0 Å². The topological polar surface area (TPSA) is 80.0 Å². The van der Waals surface area contributed by atoms with Crippen LogP contribution in [-0.4, -0.2) is 35.5 Å². The summed E-state index contributed by atoms with van der Waals surface area (Å²) in [6.07, 6.45) is 0. The van der Waals surface area contributed by atoms with E-state index < -0.39 is 11.8 Å². The van der Waals surface area contributed by atoms with E-state index >= 15 is 0 Å². The highest BCUT2D eigenvalue weighted by Crippen LogP contribution is 2.19. The zero-order chi connectivity index (χ0) is 17.9. The Morgan fingerprint density at radius 3 is 2.62 bits per heavy atom. The number of carboxylic acid groups (broad SMARTS) is 1. The SMILES string of the molecule is Cc1ccc(F)c(OCC(=O)N(C)Cc2cc(C(=O)O)c(C)o2)c1. The largest absolute Gasteiger partial charge is 0.481 e. The van der Waals surface area contributed by atoms with E-state index in [1.54, 1.807) is 19.9 Å². The lowest BCUT2D eigenvalue weighted by atomic mass is 10.2. The predicted octanol–water partition coefficient (Wildman–Crippen LogP) is 2.77. The van der Waals surface area contributed by atoms with Crippen LogP contribution in [0.5, 0.6) is 5.75 Å². The second-order valence-corrected chi connectivity index (χ2v) is 5.46. The van der Waals surface area contributed by atoms with Gasteiger partial charge in [0, 0.05) is 7.05 Å². The first-order valence-electron chi connectivity index (χ1n) is 7.23. The molecule has 1 aromatic heterocycles. The number of aryl methyl sites for hydroxylation is 2. The number of carbonyl (C=O) groups excluding carboxylic acids is 1. The summed E-state index contributed by atoms with van der Waals surface area (Å²) in [7, 11) is 1.52. The van der Waals surface area contributed by atoms with Crippen molar-refractivity contribution < 1.29 is 28.2 Å². The molecule has 0 aliphatic rings. The van der Waals surface area contributed by atoms with Gasteiger partial charge in [0.1, 0.15) is 17.1 Å². The number of aromatic carboxylic acids is 1.